The van der Waals surface area contributed by atoms with Crippen LogP contribution in [0.15, 0.2) is 29.6 Å². The molecule has 1 aliphatic heterocycles. The Morgan fingerprint density at radius 2 is 1.97 bits per heavy atom. The number of rotatable bonds is 7. The first-order valence-electron chi connectivity index (χ1n) is 10.3. The molecule has 29 heavy (non-hydrogen) atoms. The largest absolute Gasteiger partial charge is 0.493 e. The second-order valence-corrected chi connectivity index (χ2v) is 8.39. The van der Waals surface area contributed by atoms with Gasteiger partial charge in [0.2, 0.25) is 0 Å². The highest BCUT2D eigenvalue weighted by molar-refractivity contribution is 7.17. The smallest absolute Gasteiger partial charge is 0.160 e. The van der Waals surface area contributed by atoms with Gasteiger partial charge in [-0.3, -0.25) is 5.10 Å². The van der Waals surface area contributed by atoms with Crippen molar-refractivity contribution in [3.63, 3.8) is 0 Å². The van der Waals surface area contributed by atoms with Crippen LogP contribution in [0.2, 0.25) is 0 Å². The molecule has 1 saturated heterocycles. The third-order valence-electron chi connectivity index (χ3n) is 5.65. The lowest BCUT2D eigenvalue weighted by Crippen LogP contribution is -2.46. The Morgan fingerprint density at radius 1 is 1.10 bits per heavy atom. The number of hydrogen-bond acceptors (Lipinski definition) is 6. The molecule has 4 aromatic rings. The van der Waals surface area contributed by atoms with Crippen molar-refractivity contribution in [1.82, 2.24) is 30.0 Å². The number of H-pyrrole nitrogens is 2. The van der Waals surface area contributed by atoms with Crippen LogP contribution < -0.4 is 4.74 Å². The van der Waals surface area contributed by atoms with E-state index in [0.717, 1.165) is 64.6 Å². The van der Waals surface area contributed by atoms with Gasteiger partial charge in [0.25, 0.3) is 0 Å². The highest BCUT2D eigenvalue weighted by Gasteiger charge is 2.15. The second-order valence-electron chi connectivity index (χ2n) is 7.48. The average molecular weight is 411 g/mol. The molecule has 8 heteroatoms. The maximum Gasteiger partial charge on any atom is 0.160 e. The van der Waals surface area contributed by atoms with Crippen LogP contribution in [0.1, 0.15) is 13.3 Å². The van der Waals surface area contributed by atoms with E-state index in [1.165, 1.54) is 26.2 Å². The van der Waals surface area contributed by atoms with Gasteiger partial charge in [-0.05, 0) is 36.5 Å². The zero-order chi connectivity index (χ0) is 19.6. The fraction of sp³-hybridized carbons (Fsp3) is 0.429. The summed E-state index contributed by atoms with van der Waals surface area (Å²) >= 11 is 1.67. The zero-order valence-electron chi connectivity index (χ0n) is 16.6. The molecule has 0 atom stereocenters. The standard InChI is InChI=1S/C21H26N6OS/c1-2-26-8-10-27(11-9-26)7-3-12-28-15-4-5-16-18(14-15)23-21(22-16)19-20-17(24-25-19)6-13-29-20/h4-6,13-14H,2-3,7-12H2,1H3,(H,22,23)(H,24,25). The van der Waals surface area contributed by atoms with Gasteiger partial charge in [-0.15, -0.1) is 11.3 Å². The summed E-state index contributed by atoms with van der Waals surface area (Å²) in [6.45, 7) is 9.93. The van der Waals surface area contributed by atoms with Crippen LogP contribution in [0.25, 0.3) is 32.8 Å². The fourth-order valence-corrected chi connectivity index (χ4v) is 4.74. The summed E-state index contributed by atoms with van der Waals surface area (Å²) in [5.74, 6) is 1.67. The third kappa shape index (κ3) is 3.88. The molecule has 5 rings (SSSR count). The van der Waals surface area contributed by atoms with E-state index in [9.17, 15) is 0 Å². The highest BCUT2D eigenvalue weighted by atomic mass is 32.1. The van der Waals surface area contributed by atoms with E-state index < -0.39 is 0 Å². The van der Waals surface area contributed by atoms with Crippen LogP contribution in [0.5, 0.6) is 5.75 Å². The van der Waals surface area contributed by atoms with Crippen molar-refractivity contribution in [3.05, 3.63) is 29.6 Å². The Kier molecular flexibility index (Phi) is 5.22. The zero-order valence-corrected chi connectivity index (χ0v) is 17.5. The second kappa shape index (κ2) is 8.14. The molecule has 0 aliphatic carbocycles. The molecule has 3 aromatic heterocycles. The number of thiophene rings is 1. The van der Waals surface area contributed by atoms with Crippen molar-refractivity contribution in [2.75, 3.05) is 45.9 Å². The normalized spacial score (nSPS) is 16.2. The third-order valence-corrected chi connectivity index (χ3v) is 6.57. The average Bonchev–Trinajstić information content (AvgIpc) is 3.46. The molecule has 2 N–H and O–H groups in total. The molecular formula is C21H26N6OS. The molecule has 1 fully saturated rings. The van der Waals surface area contributed by atoms with E-state index >= 15 is 0 Å². The molecule has 7 nitrogen and oxygen atoms in total. The van der Waals surface area contributed by atoms with Gasteiger partial charge in [-0.2, -0.15) is 5.10 Å². The lowest BCUT2D eigenvalue weighted by Gasteiger charge is -2.33. The van der Waals surface area contributed by atoms with Crippen molar-refractivity contribution >= 4 is 32.6 Å². The summed E-state index contributed by atoms with van der Waals surface area (Å²) in [4.78, 5) is 13.1. The fourth-order valence-electron chi connectivity index (χ4n) is 3.91. The molecule has 0 unspecified atom stereocenters. The van der Waals surface area contributed by atoms with Gasteiger partial charge < -0.3 is 19.5 Å². The van der Waals surface area contributed by atoms with E-state index in [2.05, 4.69) is 37.3 Å². The number of hydrogen-bond donors (Lipinski definition) is 2. The van der Waals surface area contributed by atoms with Gasteiger partial charge in [-0.25, -0.2) is 4.98 Å². The Labute approximate surface area is 173 Å². The van der Waals surface area contributed by atoms with Crippen LogP contribution in [0.4, 0.5) is 0 Å². The summed E-state index contributed by atoms with van der Waals surface area (Å²) in [5.41, 5.74) is 3.82. The lowest BCUT2D eigenvalue weighted by atomic mass is 10.3. The van der Waals surface area contributed by atoms with Gasteiger partial charge in [-0.1, -0.05) is 6.92 Å². The Morgan fingerprint density at radius 3 is 2.83 bits per heavy atom. The molecule has 0 amide bonds. The summed E-state index contributed by atoms with van der Waals surface area (Å²) in [6, 6.07) is 8.07. The summed E-state index contributed by atoms with van der Waals surface area (Å²) in [6.07, 6.45) is 1.04. The predicted molar refractivity (Wildman–Crippen MR) is 118 cm³/mol. The first-order valence-corrected chi connectivity index (χ1v) is 11.2. The van der Waals surface area contributed by atoms with Gasteiger partial charge in [0.05, 0.1) is 27.9 Å². The molecule has 1 aliphatic rings. The number of imidazole rings is 1. The Balaban J connectivity index is 1.19. The number of likely N-dealkylation sites (N-methyl/N-ethyl adjacent to an activating group) is 1. The molecular weight excluding hydrogens is 384 g/mol. The van der Waals surface area contributed by atoms with Crippen LogP contribution in [0, 0.1) is 0 Å². The first kappa shape index (κ1) is 18.6. The number of benzene rings is 1. The van der Waals surface area contributed by atoms with E-state index in [1.54, 1.807) is 11.3 Å². The molecule has 0 bridgehead atoms. The quantitative estimate of drug-likeness (QED) is 0.456. The van der Waals surface area contributed by atoms with Crippen LogP contribution in [-0.2, 0) is 0 Å². The topological polar surface area (TPSA) is 73.1 Å². The summed E-state index contributed by atoms with van der Waals surface area (Å²) < 4.78 is 7.13. The Bertz CT molecular complexity index is 1090. The van der Waals surface area contributed by atoms with E-state index in [-0.39, 0.29) is 0 Å². The number of piperazine rings is 1. The lowest BCUT2D eigenvalue weighted by molar-refractivity contribution is 0.130. The van der Waals surface area contributed by atoms with E-state index in [4.69, 9.17) is 9.72 Å². The molecule has 4 heterocycles. The molecule has 0 radical (unpaired) electrons. The van der Waals surface area contributed by atoms with Gasteiger partial charge >= 0.3 is 0 Å². The molecule has 152 valence electrons. The van der Waals surface area contributed by atoms with Crippen molar-refractivity contribution in [1.29, 1.82) is 0 Å². The van der Waals surface area contributed by atoms with Crippen molar-refractivity contribution < 1.29 is 4.74 Å². The van der Waals surface area contributed by atoms with Crippen LogP contribution >= 0.6 is 11.3 Å². The highest BCUT2D eigenvalue weighted by Crippen LogP contribution is 2.30. The monoisotopic (exact) mass is 410 g/mol. The molecule has 0 spiro atoms. The molecule has 0 saturated carbocycles. The van der Waals surface area contributed by atoms with Crippen molar-refractivity contribution in [3.8, 4) is 17.3 Å². The minimum absolute atomic E-state index is 0.732. The van der Waals surface area contributed by atoms with E-state index in [0.29, 0.717) is 0 Å². The predicted octanol–water partition coefficient (Wildman–Crippen LogP) is 3.57. The van der Waals surface area contributed by atoms with Gasteiger partial charge in [0.1, 0.15) is 11.4 Å². The Hall–Kier alpha value is -2.42. The van der Waals surface area contributed by atoms with Crippen LogP contribution in [-0.4, -0.2) is 75.8 Å². The number of nitrogens with zero attached hydrogens (tertiary/aromatic N) is 4. The number of ether oxygens (including phenoxy) is 1. The minimum atomic E-state index is 0.732. The number of aromatic amines is 2. The number of nitrogens with one attached hydrogen (secondary N) is 2. The first-order chi connectivity index (χ1) is 14.3. The van der Waals surface area contributed by atoms with Crippen LogP contribution in [0.3, 0.4) is 0 Å². The minimum Gasteiger partial charge on any atom is -0.493 e. The molecule has 1 aromatic carbocycles. The van der Waals surface area contributed by atoms with Crippen molar-refractivity contribution in [2.45, 2.75) is 13.3 Å². The summed E-state index contributed by atoms with van der Waals surface area (Å²) in [7, 11) is 0. The van der Waals surface area contributed by atoms with Gasteiger partial charge in [0.15, 0.2) is 5.82 Å². The van der Waals surface area contributed by atoms with Gasteiger partial charge in [0, 0.05) is 38.8 Å². The van der Waals surface area contributed by atoms with E-state index in [1.807, 2.05) is 24.3 Å². The number of aromatic nitrogens is 4. The van der Waals surface area contributed by atoms with Crippen molar-refractivity contribution in [2.24, 2.45) is 0 Å². The number of fused-ring (bicyclic) bond motifs is 2. The summed E-state index contributed by atoms with van der Waals surface area (Å²) in [5, 5.41) is 9.53. The maximum absolute atomic E-state index is 6.00. The SMILES string of the molecule is CCN1CCN(CCCOc2ccc3nc(-c4n[nH]c5ccsc45)[nH]c3c2)CC1. The maximum atomic E-state index is 6.00.